The molecule has 2 aliphatic heterocycles. The number of aromatic nitrogens is 2. The summed E-state index contributed by atoms with van der Waals surface area (Å²) in [6.07, 6.45) is -0.963. The molecule has 1 aromatic heterocycles. The number of nitrogens with zero attached hydrogens (tertiary/aromatic N) is 4. The van der Waals surface area contributed by atoms with E-state index >= 15 is 0 Å². The molecule has 2 N–H and O–H groups in total. The van der Waals surface area contributed by atoms with E-state index in [1.165, 1.54) is 0 Å². The minimum absolute atomic E-state index is 0.115. The molecule has 2 aliphatic rings. The number of nitrogens with one attached hydrogen (secondary N) is 2. The van der Waals surface area contributed by atoms with Crippen molar-refractivity contribution in [3.63, 3.8) is 0 Å². The molecule has 9 heteroatoms. The molecular formula is C27H24N6O3. The standard InChI is InChI=1S/C27H24N6O3/c34-25-24(29-23(18-8-2-1-3-9-18)19-10-4-6-12-21(19)28-25)30-27-32-31-26(36-27)20-11-5-7-13-22(20)33-14-16-35-17-15-33/h1-13,24H,14-17H2,(H,28,34)(H,30,32). The first-order valence-corrected chi connectivity index (χ1v) is 11.8. The molecular weight excluding hydrogens is 456 g/mol. The number of ether oxygens (including phenoxy) is 1. The number of para-hydroxylation sites is 2. The van der Waals surface area contributed by atoms with Gasteiger partial charge in [-0.05, 0) is 18.2 Å². The van der Waals surface area contributed by atoms with Gasteiger partial charge in [0, 0.05) is 29.9 Å². The number of fused-ring (bicyclic) bond motifs is 1. The van der Waals surface area contributed by atoms with Crippen LogP contribution >= 0.6 is 0 Å². The van der Waals surface area contributed by atoms with Crippen LogP contribution in [0.2, 0.25) is 0 Å². The number of morpholine rings is 1. The number of benzodiazepines with no additional fused rings is 1. The lowest BCUT2D eigenvalue weighted by atomic mass is 10.0. The molecule has 9 nitrogen and oxygen atoms in total. The van der Waals surface area contributed by atoms with E-state index < -0.39 is 6.17 Å². The van der Waals surface area contributed by atoms with Gasteiger partial charge in [-0.2, -0.15) is 0 Å². The summed E-state index contributed by atoms with van der Waals surface area (Å²) in [5.41, 5.74) is 4.96. The molecule has 1 unspecified atom stereocenters. The Morgan fingerprint density at radius 2 is 1.58 bits per heavy atom. The molecule has 3 aromatic carbocycles. The lowest BCUT2D eigenvalue weighted by molar-refractivity contribution is -0.116. The Kier molecular flexibility index (Phi) is 5.88. The van der Waals surface area contributed by atoms with Gasteiger partial charge < -0.3 is 24.7 Å². The zero-order chi connectivity index (χ0) is 24.3. The maximum Gasteiger partial charge on any atom is 0.317 e. The molecule has 6 rings (SSSR count). The highest BCUT2D eigenvalue weighted by molar-refractivity contribution is 6.19. The highest BCUT2D eigenvalue weighted by Crippen LogP contribution is 2.31. The third kappa shape index (κ3) is 4.32. The predicted molar refractivity (Wildman–Crippen MR) is 137 cm³/mol. The number of hydrogen-bond donors (Lipinski definition) is 2. The Balaban J connectivity index is 1.32. The fourth-order valence-corrected chi connectivity index (χ4v) is 4.42. The van der Waals surface area contributed by atoms with Crippen molar-refractivity contribution in [2.24, 2.45) is 4.99 Å². The van der Waals surface area contributed by atoms with E-state index in [1.54, 1.807) is 0 Å². The molecule has 1 saturated heterocycles. The van der Waals surface area contributed by atoms with Crippen molar-refractivity contribution in [2.45, 2.75) is 6.17 Å². The Bertz CT molecular complexity index is 1410. The number of amides is 1. The normalized spacial score (nSPS) is 17.6. The van der Waals surface area contributed by atoms with Crippen LogP contribution in [0.1, 0.15) is 11.1 Å². The number of benzene rings is 3. The van der Waals surface area contributed by atoms with Gasteiger partial charge in [-0.1, -0.05) is 65.8 Å². The van der Waals surface area contributed by atoms with Crippen molar-refractivity contribution < 1.29 is 13.9 Å². The van der Waals surface area contributed by atoms with E-state index in [1.807, 2.05) is 78.9 Å². The molecule has 4 aromatic rings. The SMILES string of the molecule is O=C1Nc2ccccc2C(c2ccccc2)=NC1Nc1nnc(-c2ccccc2N2CCOCC2)o1. The second-order valence-electron chi connectivity index (χ2n) is 8.45. The third-order valence-corrected chi connectivity index (χ3v) is 6.17. The number of rotatable bonds is 5. The van der Waals surface area contributed by atoms with Crippen LogP contribution in [0.15, 0.2) is 88.3 Å². The Labute approximate surface area is 207 Å². The topological polar surface area (TPSA) is 105 Å². The first-order chi connectivity index (χ1) is 17.8. The summed E-state index contributed by atoms with van der Waals surface area (Å²) in [6, 6.07) is 25.4. The number of hydrogen-bond acceptors (Lipinski definition) is 8. The van der Waals surface area contributed by atoms with Gasteiger partial charge in [0.15, 0.2) is 0 Å². The van der Waals surface area contributed by atoms with Crippen LogP contribution in [-0.2, 0) is 9.53 Å². The maximum atomic E-state index is 13.1. The van der Waals surface area contributed by atoms with E-state index in [0.717, 1.165) is 35.5 Å². The second-order valence-corrected chi connectivity index (χ2v) is 8.45. The number of carbonyl (C=O) groups excluding carboxylic acids is 1. The van der Waals surface area contributed by atoms with E-state index in [2.05, 4.69) is 25.7 Å². The average molecular weight is 481 g/mol. The largest absolute Gasteiger partial charge is 0.403 e. The average Bonchev–Trinajstić information content (AvgIpc) is 3.35. The van der Waals surface area contributed by atoms with Crippen LogP contribution in [0.4, 0.5) is 17.4 Å². The fourth-order valence-electron chi connectivity index (χ4n) is 4.42. The lowest BCUT2D eigenvalue weighted by Crippen LogP contribution is -2.36. The van der Waals surface area contributed by atoms with Crippen molar-refractivity contribution in [2.75, 3.05) is 41.8 Å². The summed E-state index contributed by atoms with van der Waals surface area (Å²) in [6.45, 7) is 2.92. The number of anilines is 3. The van der Waals surface area contributed by atoms with E-state index in [0.29, 0.717) is 30.5 Å². The fraction of sp³-hybridized carbons (Fsp3) is 0.185. The lowest BCUT2D eigenvalue weighted by Gasteiger charge is -2.29. The second kappa shape index (κ2) is 9.63. The number of carbonyl (C=O) groups is 1. The van der Waals surface area contributed by atoms with Crippen molar-refractivity contribution in [1.29, 1.82) is 0 Å². The molecule has 0 aliphatic carbocycles. The zero-order valence-electron chi connectivity index (χ0n) is 19.4. The van der Waals surface area contributed by atoms with Crippen molar-refractivity contribution >= 4 is 29.0 Å². The monoisotopic (exact) mass is 480 g/mol. The quantitative estimate of drug-likeness (QED) is 0.448. The summed E-state index contributed by atoms with van der Waals surface area (Å²) >= 11 is 0. The smallest absolute Gasteiger partial charge is 0.317 e. The van der Waals surface area contributed by atoms with Crippen molar-refractivity contribution in [1.82, 2.24) is 10.2 Å². The minimum Gasteiger partial charge on any atom is -0.403 e. The van der Waals surface area contributed by atoms with Crippen LogP contribution in [0.5, 0.6) is 0 Å². The Hall–Kier alpha value is -4.50. The van der Waals surface area contributed by atoms with Crippen LogP contribution < -0.4 is 15.5 Å². The molecule has 0 saturated carbocycles. The van der Waals surface area contributed by atoms with Crippen LogP contribution in [0.3, 0.4) is 0 Å². The first-order valence-electron chi connectivity index (χ1n) is 11.8. The minimum atomic E-state index is -0.963. The maximum absolute atomic E-state index is 13.1. The van der Waals surface area contributed by atoms with Gasteiger partial charge in [0.1, 0.15) is 0 Å². The van der Waals surface area contributed by atoms with E-state index in [4.69, 9.17) is 14.1 Å². The van der Waals surface area contributed by atoms with Gasteiger partial charge in [0.25, 0.3) is 11.8 Å². The Morgan fingerprint density at radius 3 is 2.42 bits per heavy atom. The molecule has 1 amide bonds. The molecule has 3 heterocycles. The highest BCUT2D eigenvalue weighted by atomic mass is 16.5. The summed E-state index contributed by atoms with van der Waals surface area (Å²) in [7, 11) is 0. The summed E-state index contributed by atoms with van der Waals surface area (Å²) in [5, 5.41) is 14.4. The third-order valence-electron chi connectivity index (χ3n) is 6.17. The highest BCUT2D eigenvalue weighted by Gasteiger charge is 2.27. The van der Waals surface area contributed by atoms with Gasteiger partial charge in [-0.25, -0.2) is 4.99 Å². The van der Waals surface area contributed by atoms with Gasteiger partial charge >= 0.3 is 6.01 Å². The molecule has 0 spiro atoms. The van der Waals surface area contributed by atoms with Gasteiger partial charge in [0.05, 0.1) is 30.2 Å². The summed E-state index contributed by atoms with van der Waals surface area (Å²) in [5.74, 6) is 0.0472. The van der Waals surface area contributed by atoms with Crippen molar-refractivity contribution in [3.05, 3.63) is 90.0 Å². The summed E-state index contributed by atoms with van der Waals surface area (Å²) in [4.78, 5) is 20.1. The molecule has 0 bridgehead atoms. The Morgan fingerprint density at radius 1 is 0.861 bits per heavy atom. The van der Waals surface area contributed by atoms with Crippen LogP contribution in [0, 0.1) is 0 Å². The predicted octanol–water partition coefficient (Wildman–Crippen LogP) is 3.80. The van der Waals surface area contributed by atoms with Gasteiger partial charge in [-0.3, -0.25) is 4.79 Å². The number of aliphatic imine (C=N–C) groups is 1. The van der Waals surface area contributed by atoms with Gasteiger partial charge in [-0.15, -0.1) is 5.10 Å². The zero-order valence-corrected chi connectivity index (χ0v) is 19.4. The first kappa shape index (κ1) is 22.0. The molecule has 1 atom stereocenters. The van der Waals surface area contributed by atoms with Crippen LogP contribution in [-0.4, -0.2) is 54.3 Å². The molecule has 36 heavy (non-hydrogen) atoms. The van der Waals surface area contributed by atoms with Gasteiger partial charge in [0.2, 0.25) is 6.17 Å². The molecule has 0 radical (unpaired) electrons. The van der Waals surface area contributed by atoms with E-state index in [-0.39, 0.29) is 11.9 Å². The molecule has 1 fully saturated rings. The van der Waals surface area contributed by atoms with Crippen molar-refractivity contribution in [3.8, 4) is 11.5 Å². The molecule has 180 valence electrons. The van der Waals surface area contributed by atoms with Crippen LogP contribution in [0.25, 0.3) is 11.5 Å². The summed E-state index contributed by atoms with van der Waals surface area (Å²) < 4.78 is 11.5. The van der Waals surface area contributed by atoms with E-state index in [9.17, 15) is 4.79 Å².